The van der Waals surface area contributed by atoms with Gasteiger partial charge in [-0.25, -0.2) is 0 Å². The van der Waals surface area contributed by atoms with Crippen molar-refractivity contribution in [2.45, 2.75) is 233 Å². The van der Waals surface area contributed by atoms with Gasteiger partial charge < -0.3 is 19.5 Å². The van der Waals surface area contributed by atoms with Gasteiger partial charge in [-0.05, 0) is 91.1 Å². The Bertz CT molecular complexity index is 712. The largest absolute Gasteiger partial charge is 0.462 e. The summed E-state index contributed by atoms with van der Waals surface area (Å²) in [7, 11) is 0. The average molecular weight is 682 g/mol. The number of nitrogens with zero attached hydrogens (tertiary/aromatic N) is 1. The number of hydrogen-bond acceptors (Lipinski definition) is 6. The molecule has 1 N–H and O–H groups in total. The van der Waals surface area contributed by atoms with E-state index >= 15 is 0 Å². The molecule has 0 aliphatic heterocycles. The summed E-state index contributed by atoms with van der Waals surface area (Å²) < 4.78 is 11.7. The van der Waals surface area contributed by atoms with Crippen LogP contribution < -0.4 is 0 Å². The molecule has 0 aromatic rings. The first-order valence-corrected chi connectivity index (χ1v) is 21.0. The van der Waals surface area contributed by atoms with E-state index in [9.17, 15) is 14.7 Å². The maximum Gasteiger partial charge on any atom is 0.306 e. The first-order valence-electron chi connectivity index (χ1n) is 21.0. The van der Waals surface area contributed by atoms with Crippen molar-refractivity contribution in [2.75, 3.05) is 26.2 Å². The number of esters is 2. The molecule has 0 aromatic heterocycles. The number of carbonyl (C=O) groups excluding carboxylic acids is 2. The zero-order valence-corrected chi connectivity index (χ0v) is 32.9. The quantitative estimate of drug-likeness (QED) is 0.0519. The predicted octanol–water partition coefficient (Wildman–Crippen LogP) is 11.9. The number of rotatable bonds is 37. The van der Waals surface area contributed by atoms with Crippen molar-refractivity contribution >= 4 is 11.9 Å². The van der Waals surface area contributed by atoms with E-state index in [1.54, 1.807) is 0 Å². The minimum Gasteiger partial charge on any atom is -0.462 e. The van der Waals surface area contributed by atoms with Crippen LogP contribution >= 0.6 is 0 Å². The van der Waals surface area contributed by atoms with Gasteiger partial charge >= 0.3 is 11.9 Å². The van der Waals surface area contributed by atoms with Crippen molar-refractivity contribution in [3.63, 3.8) is 0 Å². The van der Waals surface area contributed by atoms with Gasteiger partial charge in [0.15, 0.2) is 0 Å². The number of carbonyl (C=O) groups is 2. The molecule has 0 amide bonds. The Morgan fingerprint density at radius 2 is 0.958 bits per heavy atom. The maximum atomic E-state index is 12.6. The summed E-state index contributed by atoms with van der Waals surface area (Å²) >= 11 is 0. The molecule has 0 bridgehead atoms. The Hall–Kier alpha value is -1.14. The van der Waals surface area contributed by atoms with Crippen LogP contribution in [0.25, 0.3) is 0 Å². The van der Waals surface area contributed by atoms with Crippen LogP contribution in [-0.4, -0.2) is 59.9 Å². The van der Waals surface area contributed by atoms with Gasteiger partial charge in [-0.2, -0.15) is 0 Å². The summed E-state index contributed by atoms with van der Waals surface area (Å²) in [6.07, 6.45) is 32.5. The van der Waals surface area contributed by atoms with Crippen LogP contribution in [0.4, 0.5) is 0 Å². The fourth-order valence-electron chi connectivity index (χ4n) is 6.59. The molecule has 0 aromatic carbocycles. The van der Waals surface area contributed by atoms with E-state index in [-0.39, 0.29) is 30.3 Å². The van der Waals surface area contributed by atoms with Gasteiger partial charge in [-0.1, -0.05) is 130 Å². The van der Waals surface area contributed by atoms with Crippen LogP contribution in [0.15, 0.2) is 0 Å². The third kappa shape index (κ3) is 32.1. The highest BCUT2D eigenvalue weighted by Gasteiger charge is 2.22. The number of unbranched alkanes of at least 4 members (excludes halogenated alkanes) is 19. The Kier molecular flexibility index (Phi) is 33.5. The summed E-state index contributed by atoms with van der Waals surface area (Å²) in [4.78, 5) is 27.3. The van der Waals surface area contributed by atoms with Crippen LogP contribution in [0.5, 0.6) is 0 Å². The van der Waals surface area contributed by atoms with E-state index in [1.165, 1.54) is 89.9 Å². The number of aliphatic hydroxyl groups is 1. The third-order valence-electron chi connectivity index (χ3n) is 9.71. The SMILES string of the molecule is CCCCCCCCC(CCCCCCC)OC(=O)CCCCCCCN(CCO)CCCCCCCC(=O)OC(C)(C)CCCCC. The molecule has 0 saturated carbocycles. The van der Waals surface area contributed by atoms with Crippen LogP contribution in [0.3, 0.4) is 0 Å². The van der Waals surface area contributed by atoms with Gasteiger partial charge in [0.25, 0.3) is 0 Å². The van der Waals surface area contributed by atoms with E-state index in [0.717, 1.165) is 103 Å². The van der Waals surface area contributed by atoms with E-state index in [1.807, 2.05) is 13.8 Å². The zero-order chi connectivity index (χ0) is 35.6. The molecule has 0 fully saturated rings. The van der Waals surface area contributed by atoms with Crippen molar-refractivity contribution in [1.29, 1.82) is 0 Å². The van der Waals surface area contributed by atoms with Gasteiger partial charge in [-0.3, -0.25) is 9.59 Å². The standard InChI is InChI=1S/C42H83NO5/c1-6-9-12-14-18-24-31-39(30-23-17-13-10-7-2)47-40(45)32-25-19-15-21-28-35-43(37-38-44)36-29-22-16-20-26-33-41(46)48-42(4,5)34-27-11-8-3/h39,44H,6-38H2,1-5H3. The van der Waals surface area contributed by atoms with Crippen LogP contribution in [0, 0.1) is 0 Å². The maximum absolute atomic E-state index is 12.6. The van der Waals surface area contributed by atoms with Gasteiger partial charge in [0.1, 0.15) is 11.7 Å². The molecule has 1 atom stereocenters. The molecule has 6 nitrogen and oxygen atoms in total. The lowest BCUT2D eigenvalue weighted by atomic mass is 10.0. The van der Waals surface area contributed by atoms with Gasteiger partial charge in [0, 0.05) is 19.4 Å². The molecule has 0 spiro atoms. The smallest absolute Gasteiger partial charge is 0.306 e. The van der Waals surface area contributed by atoms with Crippen molar-refractivity contribution in [2.24, 2.45) is 0 Å². The molecule has 0 saturated heterocycles. The molecule has 48 heavy (non-hydrogen) atoms. The Morgan fingerprint density at radius 1 is 0.542 bits per heavy atom. The summed E-state index contributed by atoms with van der Waals surface area (Å²) in [5.74, 6) is -0.0446. The van der Waals surface area contributed by atoms with Crippen molar-refractivity contribution < 1.29 is 24.2 Å². The highest BCUT2D eigenvalue weighted by Crippen LogP contribution is 2.21. The lowest BCUT2D eigenvalue weighted by Crippen LogP contribution is -2.29. The second-order valence-corrected chi connectivity index (χ2v) is 15.2. The predicted molar refractivity (Wildman–Crippen MR) is 204 cm³/mol. The molecule has 6 heteroatoms. The number of aliphatic hydroxyl groups excluding tert-OH is 1. The molecule has 0 radical (unpaired) electrons. The molecule has 1 unspecified atom stereocenters. The average Bonchev–Trinajstić information content (AvgIpc) is 3.04. The summed E-state index contributed by atoms with van der Waals surface area (Å²) in [6.45, 7) is 13.8. The first kappa shape index (κ1) is 46.9. The van der Waals surface area contributed by atoms with E-state index < -0.39 is 0 Å². The van der Waals surface area contributed by atoms with E-state index in [2.05, 4.69) is 25.7 Å². The fourth-order valence-corrected chi connectivity index (χ4v) is 6.59. The summed E-state index contributed by atoms with van der Waals surface area (Å²) in [5.41, 5.74) is -0.348. The Balaban J connectivity index is 4.04. The van der Waals surface area contributed by atoms with Gasteiger partial charge in [-0.15, -0.1) is 0 Å². The number of ether oxygens (including phenoxy) is 2. The minimum absolute atomic E-state index is 0.00958. The van der Waals surface area contributed by atoms with E-state index in [0.29, 0.717) is 12.8 Å². The molecular formula is C42H83NO5. The van der Waals surface area contributed by atoms with Crippen molar-refractivity contribution in [1.82, 2.24) is 4.90 Å². The second-order valence-electron chi connectivity index (χ2n) is 15.2. The molecule has 0 rings (SSSR count). The molecule has 0 heterocycles. The first-order chi connectivity index (χ1) is 23.3. The van der Waals surface area contributed by atoms with Crippen LogP contribution in [0.2, 0.25) is 0 Å². The summed E-state index contributed by atoms with van der Waals surface area (Å²) in [6, 6.07) is 0. The second kappa shape index (κ2) is 34.3. The van der Waals surface area contributed by atoms with Crippen LogP contribution in [-0.2, 0) is 19.1 Å². The van der Waals surface area contributed by atoms with Crippen molar-refractivity contribution in [3.05, 3.63) is 0 Å². The third-order valence-corrected chi connectivity index (χ3v) is 9.71. The van der Waals surface area contributed by atoms with Crippen LogP contribution in [0.1, 0.15) is 221 Å². The Labute approximate surface area is 299 Å². The topological polar surface area (TPSA) is 76.1 Å². The monoisotopic (exact) mass is 682 g/mol. The molecule has 0 aliphatic rings. The van der Waals surface area contributed by atoms with Crippen molar-refractivity contribution in [3.8, 4) is 0 Å². The van der Waals surface area contributed by atoms with E-state index in [4.69, 9.17) is 9.47 Å². The fraction of sp³-hybridized carbons (Fsp3) is 0.952. The lowest BCUT2D eigenvalue weighted by molar-refractivity contribution is -0.157. The van der Waals surface area contributed by atoms with Gasteiger partial charge in [0.05, 0.1) is 6.61 Å². The highest BCUT2D eigenvalue weighted by molar-refractivity contribution is 5.70. The lowest BCUT2D eigenvalue weighted by Gasteiger charge is -2.25. The molecule has 0 aliphatic carbocycles. The zero-order valence-electron chi connectivity index (χ0n) is 32.9. The molecular weight excluding hydrogens is 598 g/mol. The highest BCUT2D eigenvalue weighted by atomic mass is 16.6. The minimum atomic E-state index is -0.348. The van der Waals surface area contributed by atoms with Gasteiger partial charge in [0.2, 0.25) is 0 Å². The molecule has 286 valence electrons. The normalized spacial score (nSPS) is 12.5. The summed E-state index contributed by atoms with van der Waals surface area (Å²) in [5, 5.41) is 9.53. The number of hydrogen-bond donors (Lipinski definition) is 1. The Morgan fingerprint density at radius 3 is 1.46 bits per heavy atom.